The van der Waals surface area contributed by atoms with E-state index in [2.05, 4.69) is 36.0 Å². The number of nitrogens with zero attached hydrogens (tertiary/aromatic N) is 2. The molecular weight excluding hydrogens is 254 g/mol. The number of aliphatic carboxylic acids is 1. The lowest BCUT2D eigenvalue weighted by molar-refractivity contribution is -0.137. The van der Waals surface area contributed by atoms with Gasteiger partial charge in [0.2, 0.25) is 0 Å². The van der Waals surface area contributed by atoms with Crippen LogP contribution in [0.1, 0.15) is 33.1 Å². The van der Waals surface area contributed by atoms with E-state index in [1.807, 2.05) is 0 Å². The van der Waals surface area contributed by atoms with Gasteiger partial charge in [0.15, 0.2) is 0 Å². The van der Waals surface area contributed by atoms with Crippen LogP contribution in [0, 0.1) is 5.41 Å². The van der Waals surface area contributed by atoms with Crippen LogP contribution in [0.25, 0.3) is 0 Å². The summed E-state index contributed by atoms with van der Waals surface area (Å²) in [7, 11) is 2.18. The molecule has 1 saturated heterocycles. The van der Waals surface area contributed by atoms with Crippen molar-refractivity contribution >= 4 is 5.97 Å². The second-order valence-corrected chi connectivity index (χ2v) is 6.70. The number of likely N-dealkylation sites (N-methyl/N-ethyl adjacent to an activating group) is 1. The minimum atomic E-state index is -0.693. The summed E-state index contributed by atoms with van der Waals surface area (Å²) in [5, 5.41) is 12.2. The van der Waals surface area contributed by atoms with Crippen molar-refractivity contribution in [3.63, 3.8) is 0 Å². The molecule has 0 aromatic heterocycles. The van der Waals surface area contributed by atoms with Crippen molar-refractivity contribution in [3.05, 3.63) is 0 Å². The monoisotopic (exact) mass is 285 g/mol. The zero-order valence-corrected chi connectivity index (χ0v) is 13.3. The molecule has 118 valence electrons. The van der Waals surface area contributed by atoms with Gasteiger partial charge in [0.25, 0.3) is 0 Å². The predicted octanol–water partition coefficient (Wildman–Crippen LogP) is 1.10. The van der Waals surface area contributed by atoms with Crippen LogP contribution in [-0.4, -0.2) is 73.7 Å². The summed E-state index contributed by atoms with van der Waals surface area (Å²) in [6.07, 6.45) is 2.06. The molecule has 5 nitrogen and oxygen atoms in total. The molecule has 0 saturated carbocycles. The molecule has 1 rings (SSSR count). The normalized spacial score (nSPS) is 18.4. The van der Waals surface area contributed by atoms with E-state index in [0.29, 0.717) is 0 Å². The summed E-state index contributed by atoms with van der Waals surface area (Å²) in [6.45, 7) is 12.1. The fourth-order valence-corrected chi connectivity index (χ4v) is 2.43. The maximum absolute atomic E-state index is 10.6. The van der Waals surface area contributed by atoms with Crippen LogP contribution in [0.3, 0.4) is 0 Å². The van der Waals surface area contributed by atoms with E-state index in [-0.39, 0.29) is 11.8 Å². The number of hydrogen-bond donors (Lipinski definition) is 2. The molecule has 0 bridgehead atoms. The molecule has 0 radical (unpaired) electrons. The lowest BCUT2D eigenvalue weighted by Crippen LogP contribution is -2.46. The first-order valence-electron chi connectivity index (χ1n) is 7.72. The third kappa shape index (κ3) is 7.82. The Kier molecular flexibility index (Phi) is 7.48. The highest BCUT2D eigenvalue weighted by molar-refractivity contribution is 5.66. The van der Waals surface area contributed by atoms with Crippen LogP contribution in [0.2, 0.25) is 0 Å². The van der Waals surface area contributed by atoms with E-state index in [1.165, 1.54) is 26.2 Å². The van der Waals surface area contributed by atoms with Gasteiger partial charge < -0.3 is 15.3 Å². The predicted molar refractivity (Wildman–Crippen MR) is 82.1 cm³/mol. The van der Waals surface area contributed by atoms with Gasteiger partial charge in [-0.1, -0.05) is 13.8 Å². The molecule has 2 N–H and O–H groups in total. The average molecular weight is 285 g/mol. The molecule has 1 aliphatic heterocycles. The Morgan fingerprint density at radius 2 is 1.80 bits per heavy atom. The number of carboxylic acid groups (broad SMARTS) is 1. The Labute approximate surface area is 123 Å². The summed E-state index contributed by atoms with van der Waals surface area (Å²) in [5.74, 6) is -0.693. The highest BCUT2D eigenvalue weighted by atomic mass is 16.4. The Balaban J connectivity index is 2.02. The topological polar surface area (TPSA) is 55.8 Å². The number of carboxylic acids is 1. The van der Waals surface area contributed by atoms with E-state index >= 15 is 0 Å². The number of carbonyl (C=O) groups is 1. The summed E-state index contributed by atoms with van der Waals surface area (Å²) in [5.41, 5.74) is 0.110. The highest BCUT2D eigenvalue weighted by Gasteiger charge is 2.18. The van der Waals surface area contributed by atoms with Gasteiger partial charge in [-0.15, -0.1) is 0 Å². The van der Waals surface area contributed by atoms with Gasteiger partial charge in [0, 0.05) is 45.7 Å². The molecular formula is C15H31N3O2. The number of nitrogens with one attached hydrogen (secondary N) is 1. The minimum absolute atomic E-state index is 0.110. The lowest BCUT2D eigenvalue weighted by atomic mass is 9.84. The number of hydrogen-bond acceptors (Lipinski definition) is 4. The van der Waals surface area contributed by atoms with Crippen LogP contribution < -0.4 is 5.32 Å². The minimum Gasteiger partial charge on any atom is -0.481 e. The fourth-order valence-electron chi connectivity index (χ4n) is 2.43. The van der Waals surface area contributed by atoms with E-state index in [9.17, 15) is 4.79 Å². The summed E-state index contributed by atoms with van der Waals surface area (Å²) in [4.78, 5) is 15.5. The van der Waals surface area contributed by atoms with Crippen molar-refractivity contribution in [3.8, 4) is 0 Å². The molecule has 1 fully saturated rings. The van der Waals surface area contributed by atoms with E-state index in [1.54, 1.807) is 0 Å². The van der Waals surface area contributed by atoms with Crippen molar-refractivity contribution < 1.29 is 9.90 Å². The van der Waals surface area contributed by atoms with E-state index < -0.39 is 5.97 Å². The Morgan fingerprint density at radius 3 is 2.40 bits per heavy atom. The molecule has 0 spiro atoms. The first kappa shape index (κ1) is 17.4. The zero-order valence-electron chi connectivity index (χ0n) is 13.3. The molecule has 1 heterocycles. The molecule has 0 unspecified atom stereocenters. The fraction of sp³-hybridized carbons (Fsp3) is 0.933. The smallest absolute Gasteiger partial charge is 0.303 e. The van der Waals surface area contributed by atoms with Gasteiger partial charge in [-0.25, -0.2) is 0 Å². The van der Waals surface area contributed by atoms with Crippen molar-refractivity contribution in [1.82, 2.24) is 15.1 Å². The molecule has 0 aromatic carbocycles. The third-order valence-electron chi connectivity index (χ3n) is 4.19. The largest absolute Gasteiger partial charge is 0.481 e. The first-order chi connectivity index (χ1) is 9.39. The van der Waals surface area contributed by atoms with E-state index in [0.717, 1.165) is 32.5 Å². The van der Waals surface area contributed by atoms with Crippen molar-refractivity contribution in [2.75, 3.05) is 52.9 Å². The van der Waals surface area contributed by atoms with Crippen LogP contribution in [-0.2, 0) is 4.79 Å². The summed E-state index contributed by atoms with van der Waals surface area (Å²) >= 11 is 0. The molecule has 1 aliphatic rings. The van der Waals surface area contributed by atoms with Crippen LogP contribution in [0.4, 0.5) is 0 Å². The van der Waals surface area contributed by atoms with Crippen molar-refractivity contribution in [2.24, 2.45) is 5.41 Å². The van der Waals surface area contributed by atoms with Crippen molar-refractivity contribution in [2.45, 2.75) is 33.1 Å². The molecule has 0 atom stereocenters. The number of rotatable bonds is 9. The Hall–Kier alpha value is -0.650. The van der Waals surface area contributed by atoms with E-state index in [4.69, 9.17) is 5.11 Å². The van der Waals surface area contributed by atoms with Gasteiger partial charge >= 0.3 is 5.97 Å². The lowest BCUT2D eigenvalue weighted by Gasteiger charge is -2.32. The number of piperazine rings is 1. The molecule has 20 heavy (non-hydrogen) atoms. The van der Waals surface area contributed by atoms with Crippen LogP contribution in [0.5, 0.6) is 0 Å². The SMILES string of the molecule is CN1CCN(CCNCCC(C)(C)CCC(=O)O)CC1. The Bertz CT molecular complexity index is 287. The first-order valence-corrected chi connectivity index (χ1v) is 7.72. The Morgan fingerprint density at radius 1 is 1.15 bits per heavy atom. The standard InChI is InChI=1S/C15H31N3O2/c1-15(2,5-4-14(19)20)6-7-16-8-9-18-12-10-17(3)11-13-18/h16H,4-13H2,1-3H3,(H,19,20). The molecule has 5 heteroatoms. The summed E-state index contributed by atoms with van der Waals surface area (Å²) < 4.78 is 0. The van der Waals surface area contributed by atoms with Gasteiger partial charge in [-0.2, -0.15) is 0 Å². The molecule has 0 amide bonds. The maximum atomic E-state index is 10.6. The highest BCUT2D eigenvalue weighted by Crippen LogP contribution is 2.25. The van der Waals surface area contributed by atoms with Crippen LogP contribution in [0.15, 0.2) is 0 Å². The van der Waals surface area contributed by atoms with Crippen molar-refractivity contribution in [1.29, 1.82) is 0 Å². The molecule has 0 aliphatic carbocycles. The van der Waals surface area contributed by atoms with Crippen LogP contribution >= 0.6 is 0 Å². The van der Waals surface area contributed by atoms with Gasteiger partial charge in [0.05, 0.1) is 0 Å². The average Bonchev–Trinajstić information content (AvgIpc) is 2.38. The maximum Gasteiger partial charge on any atom is 0.303 e. The quantitative estimate of drug-likeness (QED) is 0.622. The van der Waals surface area contributed by atoms with Gasteiger partial charge in [-0.3, -0.25) is 9.69 Å². The summed E-state index contributed by atoms with van der Waals surface area (Å²) in [6, 6.07) is 0. The zero-order chi connectivity index (χ0) is 15.0. The molecule has 0 aromatic rings. The second kappa shape index (κ2) is 8.60. The second-order valence-electron chi connectivity index (χ2n) is 6.70. The third-order valence-corrected chi connectivity index (χ3v) is 4.19. The van der Waals surface area contributed by atoms with Gasteiger partial charge in [0.1, 0.15) is 0 Å². The van der Waals surface area contributed by atoms with Gasteiger partial charge in [-0.05, 0) is 31.8 Å².